The van der Waals surface area contributed by atoms with Crippen molar-refractivity contribution in [3.63, 3.8) is 0 Å². The Morgan fingerprint density at radius 2 is 2.29 bits per heavy atom. The van der Waals surface area contributed by atoms with Crippen LogP contribution in [0.5, 0.6) is 0 Å². The summed E-state index contributed by atoms with van der Waals surface area (Å²) in [6, 6.07) is 8.08. The highest BCUT2D eigenvalue weighted by Crippen LogP contribution is 2.33. The fraction of sp³-hybridized carbons (Fsp3) is 0.588. The molecular formula is C17H25ClN2O. The van der Waals surface area contributed by atoms with Gasteiger partial charge in [-0.25, -0.2) is 0 Å². The SMILES string of the molecule is CC(CCN)CCC(=O)N1CCCC1c1cccc(Cl)c1. The van der Waals surface area contributed by atoms with Crippen LogP contribution in [0.4, 0.5) is 0 Å². The van der Waals surface area contributed by atoms with E-state index in [1.807, 2.05) is 23.1 Å². The number of amides is 1. The van der Waals surface area contributed by atoms with Crippen molar-refractivity contribution < 1.29 is 4.79 Å². The Morgan fingerprint density at radius 3 is 3.00 bits per heavy atom. The zero-order valence-corrected chi connectivity index (χ0v) is 13.5. The van der Waals surface area contributed by atoms with Crippen LogP contribution in [-0.4, -0.2) is 23.9 Å². The molecule has 1 aliphatic rings. The number of nitrogens with two attached hydrogens (primary N) is 1. The first-order chi connectivity index (χ1) is 10.1. The smallest absolute Gasteiger partial charge is 0.223 e. The second kappa shape index (κ2) is 7.81. The molecule has 116 valence electrons. The van der Waals surface area contributed by atoms with Crippen LogP contribution in [0, 0.1) is 5.92 Å². The average Bonchev–Trinajstić information content (AvgIpc) is 2.94. The van der Waals surface area contributed by atoms with Gasteiger partial charge in [-0.2, -0.15) is 0 Å². The van der Waals surface area contributed by atoms with E-state index in [1.54, 1.807) is 0 Å². The predicted octanol–water partition coefficient (Wildman–Crippen LogP) is 3.77. The van der Waals surface area contributed by atoms with E-state index in [2.05, 4.69) is 13.0 Å². The van der Waals surface area contributed by atoms with E-state index >= 15 is 0 Å². The number of rotatable bonds is 6. The number of carbonyl (C=O) groups excluding carboxylic acids is 1. The summed E-state index contributed by atoms with van der Waals surface area (Å²) in [7, 11) is 0. The van der Waals surface area contributed by atoms with Gasteiger partial charge in [-0.1, -0.05) is 30.7 Å². The molecule has 1 fully saturated rings. The van der Waals surface area contributed by atoms with Gasteiger partial charge in [0.05, 0.1) is 6.04 Å². The minimum Gasteiger partial charge on any atom is -0.336 e. The molecule has 2 rings (SSSR count). The highest BCUT2D eigenvalue weighted by Gasteiger charge is 2.29. The fourth-order valence-corrected chi connectivity index (χ4v) is 3.27. The number of hydrogen-bond donors (Lipinski definition) is 1. The molecule has 2 unspecified atom stereocenters. The lowest BCUT2D eigenvalue weighted by Gasteiger charge is -2.26. The molecule has 2 atom stereocenters. The molecule has 3 nitrogen and oxygen atoms in total. The summed E-state index contributed by atoms with van der Waals surface area (Å²) in [5.74, 6) is 0.785. The molecule has 4 heteroatoms. The molecule has 1 aromatic rings. The topological polar surface area (TPSA) is 46.3 Å². The maximum absolute atomic E-state index is 12.5. The molecule has 1 heterocycles. The second-order valence-corrected chi connectivity index (χ2v) is 6.46. The van der Waals surface area contributed by atoms with Crippen LogP contribution in [-0.2, 0) is 4.79 Å². The van der Waals surface area contributed by atoms with Crippen molar-refractivity contribution in [2.45, 2.75) is 45.1 Å². The molecule has 1 saturated heterocycles. The third-order valence-corrected chi connectivity index (χ3v) is 4.55. The van der Waals surface area contributed by atoms with Crippen LogP contribution in [0.1, 0.15) is 50.6 Å². The largest absolute Gasteiger partial charge is 0.336 e. The minimum absolute atomic E-state index is 0.195. The second-order valence-electron chi connectivity index (χ2n) is 6.02. The van der Waals surface area contributed by atoms with Crippen molar-refractivity contribution in [3.8, 4) is 0 Å². The Morgan fingerprint density at radius 1 is 1.48 bits per heavy atom. The van der Waals surface area contributed by atoms with Gasteiger partial charge in [-0.3, -0.25) is 4.79 Å². The number of halogens is 1. The molecule has 1 amide bonds. The first-order valence-electron chi connectivity index (χ1n) is 7.87. The third kappa shape index (κ3) is 4.45. The van der Waals surface area contributed by atoms with Crippen molar-refractivity contribution in [3.05, 3.63) is 34.9 Å². The zero-order valence-electron chi connectivity index (χ0n) is 12.7. The Hall–Kier alpha value is -1.06. The number of nitrogens with zero attached hydrogens (tertiary/aromatic N) is 1. The van der Waals surface area contributed by atoms with Crippen LogP contribution in [0.15, 0.2) is 24.3 Å². The van der Waals surface area contributed by atoms with E-state index in [9.17, 15) is 4.79 Å². The van der Waals surface area contributed by atoms with Gasteiger partial charge in [0, 0.05) is 18.0 Å². The minimum atomic E-state index is 0.195. The van der Waals surface area contributed by atoms with Crippen LogP contribution >= 0.6 is 11.6 Å². The monoisotopic (exact) mass is 308 g/mol. The molecule has 21 heavy (non-hydrogen) atoms. The summed E-state index contributed by atoms with van der Waals surface area (Å²) in [6.07, 6.45) is 4.64. The van der Waals surface area contributed by atoms with Crippen LogP contribution < -0.4 is 5.73 Å². The summed E-state index contributed by atoms with van der Waals surface area (Å²) in [4.78, 5) is 14.5. The fourth-order valence-electron chi connectivity index (χ4n) is 3.07. The predicted molar refractivity (Wildman–Crippen MR) is 87.2 cm³/mol. The van der Waals surface area contributed by atoms with Gasteiger partial charge in [0.25, 0.3) is 0 Å². The molecule has 2 N–H and O–H groups in total. The van der Waals surface area contributed by atoms with Crippen molar-refractivity contribution >= 4 is 17.5 Å². The lowest BCUT2D eigenvalue weighted by atomic mass is 10.0. The summed E-state index contributed by atoms with van der Waals surface area (Å²) in [5.41, 5.74) is 6.72. The van der Waals surface area contributed by atoms with Crippen molar-refractivity contribution in [1.29, 1.82) is 0 Å². The molecule has 0 aromatic heterocycles. The van der Waals surface area contributed by atoms with E-state index in [-0.39, 0.29) is 11.9 Å². The molecular weight excluding hydrogens is 284 g/mol. The van der Waals surface area contributed by atoms with Crippen molar-refractivity contribution in [2.75, 3.05) is 13.1 Å². The Bertz CT molecular complexity index is 478. The summed E-state index contributed by atoms with van der Waals surface area (Å²) < 4.78 is 0. The zero-order chi connectivity index (χ0) is 15.2. The number of hydrogen-bond acceptors (Lipinski definition) is 2. The normalized spacial score (nSPS) is 19.8. The van der Waals surface area contributed by atoms with Gasteiger partial charge in [0.15, 0.2) is 0 Å². The van der Waals surface area contributed by atoms with E-state index in [1.165, 1.54) is 0 Å². The first-order valence-corrected chi connectivity index (χ1v) is 8.24. The van der Waals surface area contributed by atoms with Gasteiger partial charge < -0.3 is 10.6 Å². The quantitative estimate of drug-likeness (QED) is 0.869. The van der Waals surface area contributed by atoms with Crippen LogP contribution in [0.2, 0.25) is 5.02 Å². The maximum Gasteiger partial charge on any atom is 0.223 e. The van der Waals surface area contributed by atoms with E-state index in [4.69, 9.17) is 17.3 Å². The summed E-state index contributed by atoms with van der Waals surface area (Å²) in [6.45, 7) is 3.73. The van der Waals surface area contributed by atoms with Gasteiger partial charge in [0.2, 0.25) is 5.91 Å². The standard InChI is InChI=1S/C17H25ClN2O/c1-13(9-10-19)7-8-17(21)20-11-3-6-16(20)14-4-2-5-15(18)12-14/h2,4-5,12-13,16H,3,6-11,19H2,1H3. The van der Waals surface area contributed by atoms with Gasteiger partial charge in [0.1, 0.15) is 0 Å². The van der Waals surface area contributed by atoms with Crippen LogP contribution in [0.25, 0.3) is 0 Å². The lowest BCUT2D eigenvalue weighted by Crippen LogP contribution is -2.30. The van der Waals surface area contributed by atoms with Crippen molar-refractivity contribution in [2.24, 2.45) is 11.7 Å². The molecule has 0 spiro atoms. The van der Waals surface area contributed by atoms with E-state index < -0.39 is 0 Å². The van der Waals surface area contributed by atoms with Gasteiger partial charge in [-0.05, 0) is 55.8 Å². The third-order valence-electron chi connectivity index (χ3n) is 4.32. The number of carbonyl (C=O) groups is 1. The highest BCUT2D eigenvalue weighted by molar-refractivity contribution is 6.30. The molecule has 0 saturated carbocycles. The summed E-state index contributed by atoms with van der Waals surface area (Å²) in [5, 5.41) is 0.739. The summed E-state index contributed by atoms with van der Waals surface area (Å²) >= 11 is 6.07. The molecule has 0 bridgehead atoms. The van der Waals surface area contributed by atoms with Gasteiger partial charge in [-0.15, -0.1) is 0 Å². The van der Waals surface area contributed by atoms with Crippen LogP contribution in [0.3, 0.4) is 0 Å². The molecule has 0 radical (unpaired) electrons. The first kappa shape index (κ1) is 16.3. The number of benzene rings is 1. The molecule has 1 aliphatic heterocycles. The average molecular weight is 309 g/mol. The van der Waals surface area contributed by atoms with E-state index in [0.717, 1.165) is 42.8 Å². The Labute approximate surface area is 132 Å². The maximum atomic E-state index is 12.5. The Kier molecular flexibility index (Phi) is 6.07. The lowest BCUT2D eigenvalue weighted by molar-refractivity contribution is -0.132. The van der Waals surface area contributed by atoms with Gasteiger partial charge >= 0.3 is 0 Å². The number of likely N-dealkylation sites (tertiary alicyclic amines) is 1. The highest BCUT2D eigenvalue weighted by atomic mass is 35.5. The Balaban J connectivity index is 1.96. The van der Waals surface area contributed by atoms with E-state index in [0.29, 0.717) is 18.9 Å². The molecule has 1 aromatic carbocycles. The van der Waals surface area contributed by atoms with Crippen molar-refractivity contribution in [1.82, 2.24) is 4.90 Å². The molecule has 0 aliphatic carbocycles.